The van der Waals surface area contributed by atoms with Crippen LogP contribution < -0.4 is 5.32 Å². The number of carbonyl (C=O) groups is 2. The van der Waals surface area contributed by atoms with Crippen LogP contribution in [0.5, 0.6) is 0 Å². The minimum absolute atomic E-state index is 0.347. The molecule has 1 fully saturated rings. The number of carboxylic acid groups (broad SMARTS) is 1. The lowest BCUT2D eigenvalue weighted by Gasteiger charge is -2.21. The second-order valence-corrected chi connectivity index (χ2v) is 6.16. The zero-order valence-electron chi connectivity index (χ0n) is 11.6. The molecule has 2 amide bonds. The Morgan fingerprint density at radius 1 is 1.45 bits per heavy atom. The van der Waals surface area contributed by atoms with Gasteiger partial charge in [0.15, 0.2) is 0 Å². The maximum atomic E-state index is 12.9. The Morgan fingerprint density at radius 2 is 2.14 bits per heavy atom. The Morgan fingerprint density at radius 3 is 2.59 bits per heavy atom. The van der Waals surface area contributed by atoms with Crippen molar-refractivity contribution in [1.29, 1.82) is 0 Å². The van der Waals surface area contributed by atoms with Gasteiger partial charge in [0.2, 0.25) is 0 Å². The van der Waals surface area contributed by atoms with Crippen LogP contribution in [0, 0.1) is 11.8 Å². The summed E-state index contributed by atoms with van der Waals surface area (Å²) in [5.74, 6) is -5.19. The van der Waals surface area contributed by atoms with Crippen molar-refractivity contribution in [2.24, 2.45) is 11.8 Å². The predicted molar refractivity (Wildman–Crippen MR) is 73.5 cm³/mol. The van der Waals surface area contributed by atoms with Gasteiger partial charge in [0, 0.05) is 18.0 Å². The number of nitrogens with zero attached hydrogens (tertiary/aromatic N) is 1. The van der Waals surface area contributed by atoms with Crippen LogP contribution in [0.4, 0.5) is 18.0 Å². The van der Waals surface area contributed by atoms with Crippen molar-refractivity contribution in [1.82, 2.24) is 10.2 Å². The quantitative estimate of drug-likeness (QED) is 0.892. The minimum Gasteiger partial charge on any atom is -0.481 e. The third kappa shape index (κ3) is 3.52. The number of alkyl halides is 3. The number of carboxylic acids is 1. The highest BCUT2D eigenvalue weighted by atomic mass is 32.1. The van der Waals surface area contributed by atoms with E-state index in [0.29, 0.717) is 0 Å². The average Bonchev–Trinajstić information content (AvgIpc) is 3.07. The van der Waals surface area contributed by atoms with Gasteiger partial charge in [0.1, 0.15) is 0 Å². The van der Waals surface area contributed by atoms with Crippen LogP contribution in [0.1, 0.15) is 17.8 Å². The molecule has 122 valence electrons. The number of carbonyl (C=O) groups excluding carboxylic acids is 1. The molecule has 3 atom stereocenters. The Labute approximate surface area is 128 Å². The first kappa shape index (κ1) is 16.6. The van der Waals surface area contributed by atoms with Gasteiger partial charge in [0.25, 0.3) is 0 Å². The van der Waals surface area contributed by atoms with Crippen LogP contribution in [0.3, 0.4) is 0 Å². The fourth-order valence-electron chi connectivity index (χ4n) is 2.44. The van der Waals surface area contributed by atoms with E-state index >= 15 is 0 Å². The van der Waals surface area contributed by atoms with E-state index in [2.05, 4.69) is 5.32 Å². The maximum absolute atomic E-state index is 12.9. The fourth-order valence-corrected chi connectivity index (χ4v) is 3.17. The molecule has 1 saturated heterocycles. The van der Waals surface area contributed by atoms with Crippen molar-refractivity contribution >= 4 is 23.3 Å². The maximum Gasteiger partial charge on any atom is 0.394 e. The molecule has 1 aliphatic heterocycles. The summed E-state index contributed by atoms with van der Waals surface area (Å²) in [7, 11) is 0. The SMILES string of the molecule is CC(NC(=O)N1C[C@@H](C(F)(F)F)[C@H](C(=O)O)C1)c1cccs1. The molecule has 2 N–H and O–H groups in total. The lowest BCUT2D eigenvalue weighted by molar-refractivity contribution is -0.187. The molecule has 0 radical (unpaired) electrons. The number of thiophene rings is 1. The van der Waals surface area contributed by atoms with Crippen LogP contribution >= 0.6 is 11.3 Å². The van der Waals surface area contributed by atoms with E-state index in [1.165, 1.54) is 11.3 Å². The fraction of sp³-hybridized carbons (Fsp3) is 0.538. The third-order valence-corrected chi connectivity index (χ3v) is 4.71. The number of likely N-dealkylation sites (tertiary alicyclic amines) is 1. The molecule has 0 aliphatic carbocycles. The van der Waals surface area contributed by atoms with Gasteiger partial charge < -0.3 is 15.3 Å². The lowest BCUT2D eigenvalue weighted by atomic mass is 9.96. The molecule has 0 spiro atoms. The average molecular weight is 336 g/mol. The number of halogens is 3. The van der Waals surface area contributed by atoms with Gasteiger partial charge in [-0.15, -0.1) is 11.3 Å². The second kappa shape index (κ2) is 6.15. The molecule has 0 aromatic carbocycles. The van der Waals surface area contributed by atoms with Gasteiger partial charge >= 0.3 is 18.2 Å². The molecule has 22 heavy (non-hydrogen) atoms. The zero-order chi connectivity index (χ0) is 16.5. The molecule has 1 aromatic heterocycles. The zero-order valence-corrected chi connectivity index (χ0v) is 12.4. The summed E-state index contributed by atoms with van der Waals surface area (Å²) in [4.78, 5) is 24.8. The molecule has 1 aromatic rings. The van der Waals surface area contributed by atoms with Crippen LogP contribution in [0.2, 0.25) is 0 Å². The smallest absolute Gasteiger partial charge is 0.394 e. The molecule has 2 heterocycles. The molecule has 2 rings (SSSR count). The summed E-state index contributed by atoms with van der Waals surface area (Å²) in [5.41, 5.74) is 0. The summed E-state index contributed by atoms with van der Waals surface area (Å²) in [5, 5.41) is 13.3. The molecule has 1 aliphatic rings. The van der Waals surface area contributed by atoms with E-state index in [4.69, 9.17) is 5.11 Å². The van der Waals surface area contributed by atoms with Crippen LogP contribution in [0.15, 0.2) is 17.5 Å². The number of nitrogens with one attached hydrogen (secondary N) is 1. The molecular formula is C13H15F3N2O3S. The van der Waals surface area contributed by atoms with Crippen molar-refractivity contribution < 1.29 is 27.9 Å². The lowest BCUT2D eigenvalue weighted by Crippen LogP contribution is -2.40. The van der Waals surface area contributed by atoms with Gasteiger partial charge in [-0.3, -0.25) is 4.79 Å². The van der Waals surface area contributed by atoms with E-state index in [9.17, 15) is 22.8 Å². The normalized spacial score (nSPS) is 23.4. The highest BCUT2D eigenvalue weighted by Gasteiger charge is 2.53. The molecule has 0 saturated carbocycles. The van der Waals surface area contributed by atoms with Crippen molar-refractivity contribution in [3.8, 4) is 0 Å². The first-order valence-electron chi connectivity index (χ1n) is 6.58. The topological polar surface area (TPSA) is 69.6 Å². The van der Waals surface area contributed by atoms with E-state index in [-0.39, 0.29) is 6.04 Å². The Bertz CT molecular complexity index is 547. The number of hydrogen-bond donors (Lipinski definition) is 2. The van der Waals surface area contributed by atoms with Crippen molar-refractivity contribution in [2.75, 3.05) is 13.1 Å². The van der Waals surface area contributed by atoms with E-state index in [0.717, 1.165) is 9.78 Å². The molecule has 5 nitrogen and oxygen atoms in total. The van der Waals surface area contributed by atoms with E-state index in [1.54, 1.807) is 19.1 Å². The monoisotopic (exact) mass is 336 g/mol. The third-order valence-electron chi connectivity index (χ3n) is 3.65. The molecule has 0 bridgehead atoms. The Kier molecular flexibility index (Phi) is 4.64. The van der Waals surface area contributed by atoms with Crippen LogP contribution in [-0.4, -0.2) is 41.3 Å². The number of aliphatic carboxylic acids is 1. The van der Waals surface area contributed by atoms with E-state index in [1.807, 2.05) is 5.38 Å². The van der Waals surface area contributed by atoms with Crippen molar-refractivity contribution in [3.63, 3.8) is 0 Å². The summed E-state index contributed by atoms with van der Waals surface area (Å²) in [6, 6.07) is 2.58. The standard InChI is InChI=1S/C13H15F3N2O3S/c1-7(10-3-2-4-22-10)17-12(21)18-5-8(11(19)20)9(6-18)13(14,15)16/h2-4,7-9H,5-6H2,1H3,(H,17,21)(H,19,20)/t7?,8-,9-/m1/s1. The molecule has 1 unspecified atom stereocenters. The van der Waals surface area contributed by atoms with Gasteiger partial charge in [0.05, 0.1) is 17.9 Å². The Balaban J connectivity index is 2.04. The number of hydrogen-bond acceptors (Lipinski definition) is 3. The number of urea groups is 1. The van der Waals surface area contributed by atoms with Crippen LogP contribution in [-0.2, 0) is 4.79 Å². The van der Waals surface area contributed by atoms with Gasteiger partial charge in [-0.1, -0.05) is 6.07 Å². The first-order valence-corrected chi connectivity index (χ1v) is 7.46. The highest BCUT2D eigenvalue weighted by Crippen LogP contribution is 2.37. The Hall–Kier alpha value is -1.77. The summed E-state index contributed by atoms with van der Waals surface area (Å²) < 4.78 is 38.6. The second-order valence-electron chi connectivity index (χ2n) is 5.18. The van der Waals surface area contributed by atoms with Crippen LogP contribution in [0.25, 0.3) is 0 Å². The predicted octanol–water partition coefficient (Wildman–Crippen LogP) is 2.71. The van der Waals surface area contributed by atoms with Gasteiger partial charge in [-0.2, -0.15) is 13.2 Å². The van der Waals surface area contributed by atoms with Gasteiger partial charge in [-0.25, -0.2) is 4.79 Å². The summed E-state index contributed by atoms with van der Waals surface area (Å²) >= 11 is 1.42. The highest BCUT2D eigenvalue weighted by molar-refractivity contribution is 7.10. The molecule has 9 heteroatoms. The summed E-state index contributed by atoms with van der Waals surface area (Å²) in [6.45, 7) is 0.641. The van der Waals surface area contributed by atoms with Crippen molar-refractivity contribution in [3.05, 3.63) is 22.4 Å². The minimum atomic E-state index is -4.64. The summed E-state index contributed by atoms with van der Waals surface area (Å²) in [6.07, 6.45) is -4.64. The number of rotatable bonds is 3. The van der Waals surface area contributed by atoms with Crippen molar-refractivity contribution in [2.45, 2.75) is 19.1 Å². The van der Waals surface area contributed by atoms with E-state index < -0.39 is 43.1 Å². The van der Waals surface area contributed by atoms with Gasteiger partial charge in [-0.05, 0) is 18.4 Å². The number of amides is 2. The largest absolute Gasteiger partial charge is 0.481 e. The molecular weight excluding hydrogens is 321 g/mol. The first-order chi connectivity index (χ1) is 10.2.